The SMILES string of the molecule is C=CCNC(=O)N1CCN(c2cc(Cl)ccc2Cl)CC1. The molecule has 1 aromatic carbocycles. The van der Waals surface area contributed by atoms with Crippen LogP contribution in [-0.4, -0.2) is 43.7 Å². The van der Waals surface area contributed by atoms with Crippen molar-refractivity contribution in [3.8, 4) is 0 Å². The molecule has 0 radical (unpaired) electrons. The van der Waals surface area contributed by atoms with Crippen molar-refractivity contribution in [2.75, 3.05) is 37.6 Å². The molecule has 2 rings (SSSR count). The molecular formula is C14H17Cl2N3O. The van der Waals surface area contributed by atoms with Crippen LogP contribution in [-0.2, 0) is 0 Å². The number of nitrogens with zero attached hydrogens (tertiary/aromatic N) is 2. The Morgan fingerprint density at radius 2 is 2.00 bits per heavy atom. The van der Waals surface area contributed by atoms with Gasteiger partial charge in [0, 0.05) is 37.7 Å². The molecule has 0 spiro atoms. The zero-order chi connectivity index (χ0) is 14.5. The molecule has 0 unspecified atom stereocenters. The molecule has 1 saturated heterocycles. The molecule has 0 bridgehead atoms. The number of piperazine rings is 1. The summed E-state index contributed by atoms with van der Waals surface area (Å²) < 4.78 is 0. The fourth-order valence-electron chi connectivity index (χ4n) is 2.15. The Balaban J connectivity index is 1.95. The fourth-order valence-corrected chi connectivity index (χ4v) is 2.55. The van der Waals surface area contributed by atoms with Gasteiger partial charge in [-0.1, -0.05) is 29.3 Å². The molecule has 108 valence electrons. The molecule has 1 aromatic rings. The zero-order valence-corrected chi connectivity index (χ0v) is 12.6. The molecule has 20 heavy (non-hydrogen) atoms. The average molecular weight is 314 g/mol. The summed E-state index contributed by atoms with van der Waals surface area (Å²) in [6.07, 6.45) is 1.67. The van der Waals surface area contributed by atoms with Crippen LogP contribution in [0, 0.1) is 0 Å². The van der Waals surface area contributed by atoms with E-state index in [9.17, 15) is 4.79 Å². The second kappa shape index (κ2) is 6.86. The number of nitrogens with one attached hydrogen (secondary N) is 1. The lowest BCUT2D eigenvalue weighted by molar-refractivity contribution is 0.195. The predicted octanol–water partition coefficient (Wildman–Crippen LogP) is 3.01. The van der Waals surface area contributed by atoms with Crippen LogP contribution in [0.3, 0.4) is 0 Å². The van der Waals surface area contributed by atoms with Gasteiger partial charge in [-0.15, -0.1) is 6.58 Å². The van der Waals surface area contributed by atoms with Gasteiger partial charge in [0.25, 0.3) is 0 Å². The first-order valence-electron chi connectivity index (χ1n) is 6.45. The third-order valence-electron chi connectivity index (χ3n) is 3.21. The molecule has 6 heteroatoms. The first kappa shape index (κ1) is 15.0. The van der Waals surface area contributed by atoms with Gasteiger partial charge in [0.15, 0.2) is 0 Å². The molecule has 0 saturated carbocycles. The summed E-state index contributed by atoms with van der Waals surface area (Å²) in [7, 11) is 0. The van der Waals surface area contributed by atoms with Gasteiger partial charge in [-0.25, -0.2) is 4.79 Å². The van der Waals surface area contributed by atoms with Crippen molar-refractivity contribution in [3.63, 3.8) is 0 Å². The molecule has 1 heterocycles. The van der Waals surface area contributed by atoms with E-state index in [4.69, 9.17) is 23.2 Å². The van der Waals surface area contributed by atoms with Crippen molar-refractivity contribution in [1.82, 2.24) is 10.2 Å². The predicted molar refractivity (Wildman–Crippen MR) is 83.8 cm³/mol. The van der Waals surface area contributed by atoms with Crippen LogP contribution < -0.4 is 10.2 Å². The van der Waals surface area contributed by atoms with E-state index in [1.165, 1.54) is 0 Å². The molecule has 1 N–H and O–H groups in total. The third-order valence-corrected chi connectivity index (χ3v) is 3.77. The Morgan fingerprint density at radius 3 is 2.65 bits per heavy atom. The maximum atomic E-state index is 11.8. The lowest BCUT2D eigenvalue weighted by atomic mass is 10.2. The average Bonchev–Trinajstić information content (AvgIpc) is 2.47. The summed E-state index contributed by atoms with van der Waals surface area (Å²) >= 11 is 12.2. The Morgan fingerprint density at radius 1 is 1.30 bits per heavy atom. The highest BCUT2D eigenvalue weighted by molar-refractivity contribution is 6.35. The quantitative estimate of drug-likeness (QED) is 0.871. The van der Waals surface area contributed by atoms with E-state index in [2.05, 4.69) is 16.8 Å². The van der Waals surface area contributed by atoms with Gasteiger partial charge in [0.1, 0.15) is 0 Å². The van der Waals surface area contributed by atoms with Gasteiger partial charge in [0.05, 0.1) is 10.7 Å². The molecule has 0 aliphatic carbocycles. The maximum Gasteiger partial charge on any atom is 0.317 e. The number of carbonyl (C=O) groups is 1. The summed E-state index contributed by atoms with van der Waals surface area (Å²) in [6.45, 7) is 6.86. The van der Waals surface area contributed by atoms with Gasteiger partial charge in [-0.2, -0.15) is 0 Å². The highest BCUT2D eigenvalue weighted by atomic mass is 35.5. The van der Waals surface area contributed by atoms with E-state index in [1.807, 2.05) is 6.07 Å². The standard InChI is InChI=1S/C14H17Cl2N3O/c1-2-5-17-14(20)19-8-6-18(7-9-19)13-10-11(15)3-4-12(13)16/h2-4,10H,1,5-9H2,(H,17,20). The minimum absolute atomic E-state index is 0.0539. The first-order valence-corrected chi connectivity index (χ1v) is 7.21. The largest absolute Gasteiger partial charge is 0.367 e. The lowest BCUT2D eigenvalue weighted by Gasteiger charge is -2.36. The minimum atomic E-state index is -0.0539. The zero-order valence-electron chi connectivity index (χ0n) is 11.1. The van der Waals surface area contributed by atoms with Crippen molar-refractivity contribution in [1.29, 1.82) is 0 Å². The number of halogens is 2. The Kier molecular flexibility index (Phi) is 5.15. The van der Waals surface area contributed by atoms with Crippen LogP contribution in [0.1, 0.15) is 0 Å². The van der Waals surface area contributed by atoms with Crippen molar-refractivity contribution in [2.45, 2.75) is 0 Å². The monoisotopic (exact) mass is 313 g/mol. The lowest BCUT2D eigenvalue weighted by Crippen LogP contribution is -2.52. The van der Waals surface area contributed by atoms with E-state index in [1.54, 1.807) is 23.1 Å². The molecule has 2 amide bonds. The number of urea groups is 1. The molecule has 1 aliphatic heterocycles. The molecular weight excluding hydrogens is 297 g/mol. The number of amides is 2. The van der Waals surface area contributed by atoms with E-state index >= 15 is 0 Å². The van der Waals surface area contributed by atoms with Crippen LogP contribution in [0.4, 0.5) is 10.5 Å². The summed E-state index contributed by atoms with van der Waals surface area (Å²) in [6, 6.07) is 5.37. The Bertz CT molecular complexity index is 499. The van der Waals surface area contributed by atoms with Gasteiger partial charge in [-0.3, -0.25) is 0 Å². The molecule has 4 nitrogen and oxygen atoms in total. The highest BCUT2D eigenvalue weighted by Crippen LogP contribution is 2.29. The van der Waals surface area contributed by atoms with Crippen molar-refractivity contribution in [3.05, 3.63) is 40.9 Å². The maximum absolute atomic E-state index is 11.8. The second-order valence-electron chi connectivity index (χ2n) is 4.54. The van der Waals surface area contributed by atoms with Crippen LogP contribution in [0.25, 0.3) is 0 Å². The number of benzene rings is 1. The number of carbonyl (C=O) groups excluding carboxylic acids is 1. The van der Waals surface area contributed by atoms with E-state index in [0.29, 0.717) is 29.7 Å². The minimum Gasteiger partial charge on any atom is -0.367 e. The topological polar surface area (TPSA) is 35.6 Å². The third kappa shape index (κ3) is 3.58. The second-order valence-corrected chi connectivity index (χ2v) is 5.39. The summed E-state index contributed by atoms with van der Waals surface area (Å²) in [5.74, 6) is 0. The van der Waals surface area contributed by atoms with Gasteiger partial charge >= 0.3 is 6.03 Å². The number of hydrogen-bond acceptors (Lipinski definition) is 2. The molecule has 1 fully saturated rings. The number of hydrogen-bond donors (Lipinski definition) is 1. The van der Waals surface area contributed by atoms with Crippen molar-refractivity contribution < 1.29 is 4.79 Å². The summed E-state index contributed by atoms with van der Waals surface area (Å²) in [5, 5.41) is 4.12. The van der Waals surface area contributed by atoms with Crippen molar-refractivity contribution in [2.24, 2.45) is 0 Å². The Labute approximate surface area is 128 Å². The van der Waals surface area contributed by atoms with Crippen LogP contribution in [0.15, 0.2) is 30.9 Å². The van der Waals surface area contributed by atoms with Gasteiger partial charge < -0.3 is 15.1 Å². The van der Waals surface area contributed by atoms with Crippen LogP contribution in [0.2, 0.25) is 10.0 Å². The summed E-state index contributed by atoms with van der Waals surface area (Å²) in [5.41, 5.74) is 0.922. The molecule has 0 aromatic heterocycles. The number of rotatable bonds is 3. The van der Waals surface area contributed by atoms with E-state index in [0.717, 1.165) is 18.8 Å². The number of anilines is 1. The smallest absolute Gasteiger partial charge is 0.317 e. The van der Waals surface area contributed by atoms with Crippen LogP contribution in [0.5, 0.6) is 0 Å². The Hall–Kier alpha value is -1.39. The van der Waals surface area contributed by atoms with Crippen LogP contribution >= 0.6 is 23.2 Å². The molecule has 1 aliphatic rings. The summed E-state index contributed by atoms with van der Waals surface area (Å²) in [4.78, 5) is 15.8. The van der Waals surface area contributed by atoms with Gasteiger partial charge in [0.2, 0.25) is 0 Å². The normalized spacial score (nSPS) is 15.1. The molecule has 0 atom stereocenters. The van der Waals surface area contributed by atoms with E-state index in [-0.39, 0.29) is 6.03 Å². The highest BCUT2D eigenvalue weighted by Gasteiger charge is 2.22. The van der Waals surface area contributed by atoms with E-state index < -0.39 is 0 Å². The fraction of sp³-hybridized carbons (Fsp3) is 0.357. The van der Waals surface area contributed by atoms with Crippen molar-refractivity contribution >= 4 is 34.9 Å². The first-order chi connectivity index (χ1) is 9.61. The van der Waals surface area contributed by atoms with Gasteiger partial charge in [-0.05, 0) is 18.2 Å².